The molecule has 5 rings (SSSR count). The van der Waals surface area contributed by atoms with Crippen molar-refractivity contribution >= 4 is 67.2 Å². The molecule has 4 aromatic carbocycles. The summed E-state index contributed by atoms with van der Waals surface area (Å²) < 4.78 is 31.5. The number of hydrogen-bond acceptors (Lipinski definition) is 8. The number of thioether (sulfide) groups is 1. The van der Waals surface area contributed by atoms with Gasteiger partial charge >= 0.3 is 10.1 Å². The summed E-state index contributed by atoms with van der Waals surface area (Å²) in [6.45, 7) is -0.289. The lowest BCUT2D eigenvalue weighted by molar-refractivity contribution is -0.385. The summed E-state index contributed by atoms with van der Waals surface area (Å²) in [7, 11) is -4.26. The third-order valence-electron chi connectivity index (χ3n) is 5.90. The van der Waals surface area contributed by atoms with Gasteiger partial charge in [-0.1, -0.05) is 60.1 Å². The van der Waals surface area contributed by atoms with Crippen LogP contribution in [0.4, 0.5) is 10.5 Å². The predicted molar refractivity (Wildman–Crippen MR) is 148 cm³/mol. The van der Waals surface area contributed by atoms with Gasteiger partial charge in [-0.25, -0.2) is 0 Å². The standard InChI is InChI=1S/C27H17ClN2O7S2/c28-19-10-12-20(13-11-19)39(35,36)37-24-14-9-17-5-1-3-7-21(17)22(24)15-25-26(31)29(27(32)38-25)16-18-6-2-4-8-23(18)30(33)34/h1-15H,16H2/b25-15-. The number of imide groups is 1. The van der Waals surface area contributed by atoms with Crippen molar-refractivity contribution in [2.24, 2.45) is 0 Å². The van der Waals surface area contributed by atoms with Crippen LogP contribution in [0.5, 0.6) is 5.75 Å². The van der Waals surface area contributed by atoms with Crippen molar-refractivity contribution in [1.29, 1.82) is 0 Å². The van der Waals surface area contributed by atoms with E-state index in [-0.39, 0.29) is 38.9 Å². The quantitative estimate of drug-likeness (QED) is 0.106. The highest BCUT2D eigenvalue weighted by Gasteiger charge is 2.36. The zero-order chi connectivity index (χ0) is 27.7. The first-order valence-electron chi connectivity index (χ1n) is 11.3. The van der Waals surface area contributed by atoms with Gasteiger partial charge in [0.1, 0.15) is 4.90 Å². The molecule has 0 atom stereocenters. The number of fused-ring (bicyclic) bond motifs is 1. The molecule has 0 saturated carbocycles. The summed E-state index contributed by atoms with van der Waals surface area (Å²) in [6, 6.07) is 21.6. The molecule has 0 aliphatic carbocycles. The molecule has 0 spiro atoms. The van der Waals surface area contributed by atoms with Gasteiger partial charge in [-0.2, -0.15) is 8.42 Å². The first-order valence-corrected chi connectivity index (χ1v) is 13.9. The Hall–Kier alpha value is -4.19. The van der Waals surface area contributed by atoms with Crippen molar-refractivity contribution in [1.82, 2.24) is 4.90 Å². The van der Waals surface area contributed by atoms with Gasteiger partial charge in [0.05, 0.1) is 16.4 Å². The van der Waals surface area contributed by atoms with Crippen molar-refractivity contribution in [3.63, 3.8) is 0 Å². The lowest BCUT2D eigenvalue weighted by Gasteiger charge is -2.13. The maximum absolute atomic E-state index is 13.3. The first kappa shape index (κ1) is 26.4. The van der Waals surface area contributed by atoms with Crippen LogP contribution in [-0.2, 0) is 21.5 Å². The largest absolute Gasteiger partial charge is 0.378 e. The molecule has 1 saturated heterocycles. The smallest absolute Gasteiger partial charge is 0.339 e. The van der Waals surface area contributed by atoms with E-state index in [1.807, 2.05) is 6.07 Å². The van der Waals surface area contributed by atoms with E-state index >= 15 is 0 Å². The summed E-state index contributed by atoms with van der Waals surface area (Å²) in [5.74, 6) is -0.711. The highest BCUT2D eigenvalue weighted by Crippen LogP contribution is 2.38. The second-order valence-electron chi connectivity index (χ2n) is 8.34. The number of benzene rings is 4. The minimum atomic E-state index is -4.26. The van der Waals surface area contributed by atoms with Crippen LogP contribution in [0.15, 0.2) is 94.7 Å². The number of nitro benzene ring substituents is 1. The van der Waals surface area contributed by atoms with E-state index in [1.165, 1.54) is 54.6 Å². The van der Waals surface area contributed by atoms with Gasteiger partial charge in [0, 0.05) is 22.2 Å². The Morgan fingerprint density at radius 3 is 2.38 bits per heavy atom. The highest BCUT2D eigenvalue weighted by atomic mass is 35.5. The zero-order valence-corrected chi connectivity index (χ0v) is 22.2. The number of carbonyl (C=O) groups is 2. The van der Waals surface area contributed by atoms with Crippen LogP contribution in [0, 0.1) is 10.1 Å². The van der Waals surface area contributed by atoms with Crippen LogP contribution in [0.2, 0.25) is 5.02 Å². The zero-order valence-electron chi connectivity index (χ0n) is 19.8. The van der Waals surface area contributed by atoms with Gasteiger partial charge in [0.15, 0.2) is 5.75 Å². The Balaban J connectivity index is 1.54. The van der Waals surface area contributed by atoms with Crippen molar-refractivity contribution in [3.05, 3.63) is 116 Å². The number of para-hydroxylation sites is 1. The third kappa shape index (κ3) is 5.37. The van der Waals surface area contributed by atoms with Gasteiger partial charge in [-0.05, 0) is 58.9 Å². The molecule has 0 unspecified atom stereocenters. The number of amides is 2. The first-order chi connectivity index (χ1) is 18.6. The van der Waals surface area contributed by atoms with Gasteiger partial charge in [-0.3, -0.25) is 24.6 Å². The number of halogens is 1. The maximum Gasteiger partial charge on any atom is 0.339 e. The summed E-state index contributed by atoms with van der Waals surface area (Å²) in [5.41, 5.74) is 0.272. The molecule has 1 heterocycles. The van der Waals surface area contributed by atoms with Crippen molar-refractivity contribution in [2.75, 3.05) is 0 Å². The van der Waals surface area contributed by atoms with Crippen LogP contribution in [0.3, 0.4) is 0 Å². The fraction of sp³-hybridized carbons (Fsp3) is 0.0370. The minimum Gasteiger partial charge on any atom is -0.378 e. The van der Waals surface area contributed by atoms with Crippen LogP contribution in [0.25, 0.3) is 16.8 Å². The number of rotatable bonds is 7. The van der Waals surface area contributed by atoms with Crippen LogP contribution >= 0.6 is 23.4 Å². The lowest BCUT2D eigenvalue weighted by atomic mass is 10.0. The third-order valence-corrected chi connectivity index (χ3v) is 8.31. The van der Waals surface area contributed by atoms with E-state index in [1.54, 1.807) is 30.3 Å². The van der Waals surface area contributed by atoms with Gasteiger partial charge in [0.25, 0.3) is 16.8 Å². The summed E-state index contributed by atoms with van der Waals surface area (Å²) >= 11 is 6.53. The Morgan fingerprint density at radius 2 is 1.64 bits per heavy atom. The number of hydrogen-bond donors (Lipinski definition) is 0. The second-order valence-corrected chi connectivity index (χ2v) is 11.3. The minimum absolute atomic E-state index is 0.0173. The van der Waals surface area contributed by atoms with E-state index < -0.39 is 26.2 Å². The van der Waals surface area contributed by atoms with E-state index in [4.69, 9.17) is 15.8 Å². The molecule has 2 amide bonds. The topological polar surface area (TPSA) is 124 Å². The highest BCUT2D eigenvalue weighted by molar-refractivity contribution is 8.18. The van der Waals surface area contributed by atoms with Gasteiger partial charge < -0.3 is 4.18 Å². The molecule has 0 aromatic heterocycles. The van der Waals surface area contributed by atoms with E-state index in [0.717, 1.165) is 10.3 Å². The monoisotopic (exact) mass is 580 g/mol. The Morgan fingerprint density at radius 1 is 0.949 bits per heavy atom. The Bertz CT molecular complexity index is 1790. The van der Waals surface area contributed by atoms with E-state index in [0.29, 0.717) is 22.2 Å². The number of carbonyl (C=O) groups excluding carboxylic acids is 2. The van der Waals surface area contributed by atoms with Crippen molar-refractivity contribution < 1.29 is 27.1 Å². The van der Waals surface area contributed by atoms with Crippen LogP contribution in [-0.4, -0.2) is 29.4 Å². The molecular weight excluding hydrogens is 564 g/mol. The number of nitro groups is 1. The fourth-order valence-electron chi connectivity index (χ4n) is 4.03. The molecule has 196 valence electrons. The summed E-state index contributed by atoms with van der Waals surface area (Å²) in [4.78, 5) is 37.7. The number of nitrogens with zero attached hydrogens (tertiary/aromatic N) is 2. The molecule has 1 aliphatic heterocycles. The molecule has 1 aliphatic rings. The molecule has 4 aromatic rings. The average molecular weight is 581 g/mol. The second kappa shape index (κ2) is 10.5. The van der Waals surface area contributed by atoms with Crippen LogP contribution in [0.1, 0.15) is 11.1 Å². The average Bonchev–Trinajstić information content (AvgIpc) is 3.17. The molecule has 39 heavy (non-hydrogen) atoms. The van der Waals surface area contributed by atoms with Gasteiger partial charge in [0.2, 0.25) is 0 Å². The molecule has 9 nitrogen and oxygen atoms in total. The molecule has 0 N–H and O–H groups in total. The van der Waals surface area contributed by atoms with Gasteiger partial charge in [-0.15, -0.1) is 0 Å². The normalized spacial score (nSPS) is 14.8. The molecule has 12 heteroatoms. The summed E-state index contributed by atoms with van der Waals surface area (Å²) in [6.07, 6.45) is 1.40. The predicted octanol–water partition coefficient (Wildman–Crippen LogP) is 6.41. The molecule has 0 bridgehead atoms. The van der Waals surface area contributed by atoms with Crippen molar-refractivity contribution in [3.8, 4) is 5.75 Å². The molecular formula is C27H17ClN2O7S2. The fourth-order valence-corrected chi connectivity index (χ4v) is 5.92. The Labute approximate surface area is 231 Å². The van der Waals surface area contributed by atoms with Crippen molar-refractivity contribution in [2.45, 2.75) is 11.4 Å². The lowest BCUT2D eigenvalue weighted by Crippen LogP contribution is -2.27. The maximum atomic E-state index is 13.3. The SMILES string of the molecule is O=C1S/C(=C\c2c(OS(=O)(=O)c3ccc(Cl)cc3)ccc3ccccc23)C(=O)N1Cc1ccccc1[N+](=O)[O-]. The van der Waals surface area contributed by atoms with Crippen LogP contribution < -0.4 is 4.18 Å². The molecule has 1 fully saturated rings. The Kier molecular flexibility index (Phi) is 7.13. The van der Waals surface area contributed by atoms with E-state index in [9.17, 15) is 28.1 Å². The van der Waals surface area contributed by atoms with E-state index in [2.05, 4.69) is 0 Å². The molecule has 0 radical (unpaired) electrons. The summed E-state index contributed by atoms with van der Waals surface area (Å²) in [5, 5.41) is 12.5.